The third kappa shape index (κ3) is 1.18. The molecule has 1 heteroatoms. The molecule has 0 heterocycles. The number of hydrogen-bond donors (Lipinski definition) is 0. The van der Waals surface area contributed by atoms with Gasteiger partial charge in [-0.2, -0.15) is 0 Å². The zero-order valence-corrected chi connectivity index (χ0v) is 6.42. The van der Waals surface area contributed by atoms with Crippen molar-refractivity contribution in [3.8, 4) is 0 Å². The Bertz CT molecular complexity index is 197. The first-order chi connectivity index (χ1) is 4.67. The molecule has 0 aromatic carbocycles. The molecule has 0 aromatic rings. The number of carbonyl (C=O) groups excluding carboxylic acids is 1. The average molecular weight is 136 g/mol. The summed E-state index contributed by atoms with van der Waals surface area (Å²) in [6.07, 6.45) is 8.03. The zero-order chi connectivity index (χ0) is 7.61. The topological polar surface area (TPSA) is 17.1 Å². The maximum absolute atomic E-state index is 10.5. The molecule has 0 atom stereocenters. The van der Waals surface area contributed by atoms with Crippen LogP contribution in [0.1, 0.15) is 20.3 Å². The fourth-order valence-electron chi connectivity index (χ4n) is 1.00. The van der Waals surface area contributed by atoms with Crippen molar-refractivity contribution < 1.29 is 4.79 Å². The van der Waals surface area contributed by atoms with E-state index in [9.17, 15) is 4.79 Å². The maximum Gasteiger partial charge on any atom is 0.129 e. The van der Waals surface area contributed by atoms with Gasteiger partial charge in [0.05, 0.1) is 0 Å². The van der Waals surface area contributed by atoms with Gasteiger partial charge >= 0.3 is 0 Å². The van der Waals surface area contributed by atoms with E-state index in [0.29, 0.717) is 0 Å². The summed E-state index contributed by atoms with van der Waals surface area (Å²) >= 11 is 0. The third-order valence-corrected chi connectivity index (χ3v) is 1.89. The lowest BCUT2D eigenvalue weighted by Gasteiger charge is -2.17. The predicted molar refractivity (Wildman–Crippen MR) is 41.7 cm³/mol. The first kappa shape index (κ1) is 7.26. The quantitative estimate of drug-likeness (QED) is 0.531. The van der Waals surface area contributed by atoms with Crippen LogP contribution in [0.25, 0.3) is 0 Å². The standard InChI is InChI=1S/C9H12O/c1-9(2,7-10)8-5-3-4-6-8/h3-5,7H,6H2,1-2H3. The van der Waals surface area contributed by atoms with Crippen molar-refractivity contribution in [2.45, 2.75) is 20.3 Å². The van der Waals surface area contributed by atoms with Crippen LogP contribution in [0.2, 0.25) is 0 Å². The monoisotopic (exact) mass is 136 g/mol. The summed E-state index contributed by atoms with van der Waals surface area (Å²) in [5, 5.41) is 0. The third-order valence-electron chi connectivity index (χ3n) is 1.89. The van der Waals surface area contributed by atoms with E-state index in [1.165, 1.54) is 5.57 Å². The first-order valence-electron chi connectivity index (χ1n) is 3.49. The number of rotatable bonds is 2. The largest absolute Gasteiger partial charge is 0.302 e. The molecule has 0 fully saturated rings. The molecule has 0 amide bonds. The van der Waals surface area contributed by atoms with E-state index in [1.807, 2.05) is 26.0 Å². The molecule has 0 N–H and O–H groups in total. The molecule has 54 valence electrons. The fourth-order valence-corrected chi connectivity index (χ4v) is 1.00. The highest BCUT2D eigenvalue weighted by Gasteiger charge is 2.21. The van der Waals surface area contributed by atoms with Gasteiger partial charge in [0.25, 0.3) is 0 Å². The molecule has 0 radical (unpaired) electrons. The average Bonchev–Trinajstić information content (AvgIpc) is 2.38. The normalized spacial score (nSPS) is 17.2. The highest BCUT2D eigenvalue weighted by Crippen LogP contribution is 2.29. The van der Waals surface area contributed by atoms with Gasteiger partial charge in [0, 0.05) is 5.41 Å². The minimum absolute atomic E-state index is 0.260. The molecule has 0 saturated carbocycles. The lowest BCUT2D eigenvalue weighted by Crippen LogP contribution is -2.14. The zero-order valence-electron chi connectivity index (χ0n) is 6.42. The summed E-state index contributed by atoms with van der Waals surface area (Å²) in [5.41, 5.74) is 0.950. The van der Waals surface area contributed by atoms with Gasteiger partial charge in [0.15, 0.2) is 0 Å². The molecule has 0 saturated heterocycles. The molecule has 10 heavy (non-hydrogen) atoms. The van der Waals surface area contributed by atoms with Gasteiger partial charge in [-0.05, 0) is 20.3 Å². The highest BCUT2D eigenvalue weighted by molar-refractivity contribution is 5.64. The van der Waals surface area contributed by atoms with Crippen molar-refractivity contribution in [2.75, 3.05) is 0 Å². The Morgan fingerprint density at radius 2 is 2.30 bits per heavy atom. The van der Waals surface area contributed by atoms with E-state index >= 15 is 0 Å². The lowest BCUT2D eigenvalue weighted by atomic mass is 9.85. The maximum atomic E-state index is 10.5. The van der Waals surface area contributed by atoms with Crippen LogP contribution in [0, 0.1) is 5.41 Å². The summed E-state index contributed by atoms with van der Waals surface area (Å²) < 4.78 is 0. The molecule has 1 aliphatic rings. The Hall–Kier alpha value is -0.850. The molecule has 0 spiro atoms. The number of allylic oxidation sites excluding steroid dienone is 4. The second-order valence-corrected chi connectivity index (χ2v) is 3.16. The van der Waals surface area contributed by atoms with Gasteiger partial charge in [-0.3, -0.25) is 0 Å². The molecule has 1 aliphatic carbocycles. The van der Waals surface area contributed by atoms with Crippen molar-refractivity contribution in [3.05, 3.63) is 23.8 Å². The second-order valence-electron chi connectivity index (χ2n) is 3.16. The molecule has 0 aromatic heterocycles. The van der Waals surface area contributed by atoms with Gasteiger partial charge in [0.1, 0.15) is 6.29 Å². The van der Waals surface area contributed by atoms with E-state index in [2.05, 4.69) is 6.08 Å². The Morgan fingerprint density at radius 1 is 1.60 bits per heavy atom. The van der Waals surface area contributed by atoms with Crippen LogP contribution < -0.4 is 0 Å². The Balaban J connectivity index is 2.74. The Labute approximate surface area is 61.4 Å². The Morgan fingerprint density at radius 3 is 2.70 bits per heavy atom. The van der Waals surface area contributed by atoms with Crippen molar-refractivity contribution in [2.24, 2.45) is 5.41 Å². The van der Waals surface area contributed by atoms with E-state index in [1.54, 1.807) is 0 Å². The molecule has 1 rings (SSSR count). The van der Waals surface area contributed by atoms with Crippen molar-refractivity contribution in [3.63, 3.8) is 0 Å². The van der Waals surface area contributed by atoms with Crippen LogP contribution >= 0.6 is 0 Å². The van der Waals surface area contributed by atoms with Gasteiger partial charge in [-0.1, -0.05) is 23.8 Å². The van der Waals surface area contributed by atoms with E-state index in [-0.39, 0.29) is 5.41 Å². The summed E-state index contributed by atoms with van der Waals surface area (Å²) in [5.74, 6) is 0. The van der Waals surface area contributed by atoms with E-state index in [4.69, 9.17) is 0 Å². The van der Waals surface area contributed by atoms with Gasteiger partial charge in [-0.25, -0.2) is 0 Å². The molecular weight excluding hydrogens is 124 g/mol. The summed E-state index contributed by atoms with van der Waals surface area (Å²) in [6.45, 7) is 3.89. The van der Waals surface area contributed by atoms with E-state index < -0.39 is 0 Å². The molecular formula is C9H12O. The van der Waals surface area contributed by atoms with E-state index in [0.717, 1.165) is 12.7 Å². The predicted octanol–water partition coefficient (Wildman–Crippen LogP) is 2.10. The van der Waals surface area contributed by atoms with Crippen LogP contribution in [-0.4, -0.2) is 6.29 Å². The van der Waals surface area contributed by atoms with Crippen LogP contribution in [-0.2, 0) is 4.79 Å². The van der Waals surface area contributed by atoms with Gasteiger partial charge < -0.3 is 4.79 Å². The van der Waals surface area contributed by atoms with Crippen LogP contribution in [0.5, 0.6) is 0 Å². The highest BCUT2D eigenvalue weighted by atomic mass is 16.1. The smallest absolute Gasteiger partial charge is 0.129 e. The Kier molecular flexibility index (Phi) is 1.75. The molecule has 0 aliphatic heterocycles. The van der Waals surface area contributed by atoms with Crippen LogP contribution in [0.15, 0.2) is 23.8 Å². The molecule has 1 nitrogen and oxygen atoms in total. The lowest BCUT2D eigenvalue weighted by molar-refractivity contribution is -0.113. The minimum Gasteiger partial charge on any atom is -0.302 e. The minimum atomic E-state index is -0.260. The second kappa shape index (κ2) is 2.41. The van der Waals surface area contributed by atoms with Crippen molar-refractivity contribution >= 4 is 6.29 Å². The molecule has 0 bridgehead atoms. The van der Waals surface area contributed by atoms with Crippen LogP contribution in [0.3, 0.4) is 0 Å². The first-order valence-corrected chi connectivity index (χ1v) is 3.49. The SMILES string of the molecule is CC(C)(C=O)C1=CC=CC1. The summed E-state index contributed by atoms with van der Waals surface area (Å²) in [7, 11) is 0. The fraction of sp³-hybridized carbons (Fsp3) is 0.444. The van der Waals surface area contributed by atoms with Gasteiger partial charge in [0.2, 0.25) is 0 Å². The van der Waals surface area contributed by atoms with Crippen LogP contribution in [0.4, 0.5) is 0 Å². The summed E-state index contributed by atoms with van der Waals surface area (Å²) in [4.78, 5) is 10.5. The molecule has 0 unspecified atom stereocenters. The number of aldehydes is 1. The van der Waals surface area contributed by atoms with Crippen molar-refractivity contribution in [1.82, 2.24) is 0 Å². The van der Waals surface area contributed by atoms with Crippen molar-refractivity contribution in [1.29, 1.82) is 0 Å². The number of carbonyl (C=O) groups is 1. The van der Waals surface area contributed by atoms with Gasteiger partial charge in [-0.15, -0.1) is 0 Å². The summed E-state index contributed by atoms with van der Waals surface area (Å²) in [6, 6.07) is 0. The number of hydrogen-bond acceptors (Lipinski definition) is 1.